The van der Waals surface area contributed by atoms with E-state index >= 15 is 0 Å². The fourth-order valence-electron chi connectivity index (χ4n) is 0.753. The Kier molecular flexibility index (Phi) is 1.76. The number of rotatable bonds is 0. The van der Waals surface area contributed by atoms with Gasteiger partial charge in [-0.1, -0.05) is 11.6 Å². The summed E-state index contributed by atoms with van der Waals surface area (Å²) in [6, 6.07) is 0. The van der Waals surface area contributed by atoms with E-state index in [1.807, 2.05) is 22.6 Å². The lowest BCUT2D eigenvalue weighted by molar-refractivity contribution is 0.878. The first-order valence-corrected chi connectivity index (χ1v) is 4.34. The third-order valence-electron chi connectivity index (χ3n) is 1.20. The number of hydrogen-bond acceptors (Lipinski definition) is 5. The summed E-state index contributed by atoms with van der Waals surface area (Å²) in [5.41, 5.74) is 5.78. The minimum atomic E-state index is 0.102. The van der Waals surface area contributed by atoms with E-state index in [-0.39, 0.29) is 11.1 Å². The smallest absolute Gasteiger partial charge is 0.240 e. The molecule has 2 aromatic heterocycles. The molecule has 0 aromatic carbocycles. The number of fused-ring (bicyclic) bond motifs is 1. The first-order chi connectivity index (χ1) is 5.68. The second kappa shape index (κ2) is 2.66. The molecule has 0 fully saturated rings. The average Bonchev–Trinajstić information content (AvgIpc) is 2.33. The molecule has 2 N–H and O–H groups in total. The lowest BCUT2D eigenvalue weighted by Crippen LogP contribution is -2.03. The van der Waals surface area contributed by atoms with Crippen molar-refractivity contribution in [2.45, 2.75) is 0 Å². The second-order valence-corrected chi connectivity index (χ2v) is 3.29. The van der Waals surface area contributed by atoms with Crippen LogP contribution in [0.15, 0.2) is 0 Å². The first kappa shape index (κ1) is 7.92. The van der Waals surface area contributed by atoms with Gasteiger partial charge in [0.25, 0.3) is 0 Å². The van der Waals surface area contributed by atoms with Crippen molar-refractivity contribution in [1.29, 1.82) is 0 Å². The maximum absolute atomic E-state index is 5.72. The minimum Gasteiger partial charge on any atom is -0.366 e. The lowest BCUT2D eigenvalue weighted by Gasteiger charge is -1.94. The standard InChI is InChI=1S/C4H2ClIN6/c5-1-2-9-10-3(6)12(2)11-4(7)8-1/h(H2,7,11). The van der Waals surface area contributed by atoms with Gasteiger partial charge in [0.2, 0.25) is 15.4 Å². The van der Waals surface area contributed by atoms with Crippen LogP contribution in [0.1, 0.15) is 0 Å². The predicted molar refractivity (Wildman–Crippen MR) is 50.7 cm³/mol. The van der Waals surface area contributed by atoms with Crippen molar-refractivity contribution in [3.8, 4) is 0 Å². The molecule has 0 atom stereocenters. The van der Waals surface area contributed by atoms with Crippen LogP contribution in [0.5, 0.6) is 0 Å². The molecular weight excluding hydrogens is 294 g/mol. The molecule has 0 unspecified atom stereocenters. The fourth-order valence-corrected chi connectivity index (χ4v) is 1.40. The van der Waals surface area contributed by atoms with Crippen molar-refractivity contribution in [2.75, 3.05) is 5.73 Å². The highest BCUT2D eigenvalue weighted by Gasteiger charge is 2.08. The molecule has 0 bridgehead atoms. The molecule has 6 nitrogen and oxygen atoms in total. The zero-order chi connectivity index (χ0) is 8.72. The molecular formula is C4H2ClIN6. The van der Waals surface area contributed by atoms with Crippen molar-refractivity contribution in [1.82, 2.24) is 24.8 Å². The van der Waals surface area contributed by atoms with Crippen molar-refractivity contribution in [3.05, 3.63) is 8.98 Å². The number of hydrogen-bond donors (Lipinski definition) is 1. The van der Waals surface area contributed by atoms with Crippen LogP contribution < -0.4 is 5.73 Å². The van der Waals surface area contributed by atoms with Gasteiger partial charge in [0.15, 0.2) is 5.15 Å². The fraction of sp³-hybridized carbons (Fsp3) is 0. The highest BCUT2D eigenvalue weighted by molar-refractivity contribution is 14.1. The quantitative estimate of drug-likeness (QED) is 0.710. The topological polar surface area (TPSA) is 82.0 Å². The summed E-state index contributed by atoms with van der Waals surface area (Å²) in [5.74, 6) is 0.102. The SMILES string of the molecule is Nc1nc(Cl)c2nnc(I)n2n1. The molecule has 0 aliphatic rings. The van der Waals surface area contributed by atoms with E-state index < -0.39 is 0 Å². The Bertz CT molecular complexity index is 438. The monoisotopic (exact) mass is 296 g/mol. The Morgan fingerprint density at radius 1 is 1.42 bits per heavy atom. The molecule has 0 saturated heterocycles. The van der Waals surface area contributed by atoms with Crippen LogP contribution in [0, 0.1) is 3.83 Å². The number of nitrogens with two attached hydrogens (primary N) is 1. The highest BCUT2D eigenvalue weighted by Crippen LogP contribution is 2.13. The normalized spacial score (nSPS) is 10.8. The Balaban J connectivity index is 2.92. The molecule has 2 heterocycles. The summed E-state index contributed by atoms with van der Waals surface area (Å²) in [6.07, 6.45) is 0. The van der Waals surface area contributed by atoms with E-state index in [4.69, 9.17) is 17.3 Å². The van der Waals surface area contributed by atoms with Crippen LogP contribution in [-0.2, 0) is 0 Å². The van der Waals surface area contributed by atoms with Crippen LogP contribution in [0.4, 0.5) is 5.95 Å². The zero-order valence-corrected chi connectivity index (χ0v) is 8.48. The summed E-state index contributed by atoms with van der Waals surface area (Å²) in [4.78, 5) is 3.72. The van der Waals surface area contributed by atoms with Crippen molar-refractivity contribution >= 4 is 45.8 Å². The van der Waals surface area contributed by atoms with Crippen LogP contribution in [0.25, 0.3) is 5.65 Å². The van der Waals surface area contributed by atoms with Crippen LogP contribution >= 0.6 is 34.2 Å². The lowest BCUT2D eigenvalue weighted by atomic mass is 10.8. The van der Waals surface area contributed by atoms with Gasteiger partial charge in [0.1, 0.15) is 0 Å². The molecule has 0 amide bonds. The van der Waals surface area contributed by atoms with Gasteiger partial charge >= 0.3 is 0 Å². The third-order valence-corrected chi connectivity index (χ3v) is 2.13. The molecule has 2 rings (SSSR count). The Labute approximate surface area is 85.3 Å². The molecule has 0 radical (unpaired) electrons. The van der Waals surface area contributed by atoms with Crippen molar-refractivity contribution in [2.24, 2.45) is 0 Å². The van der Waals surface area contributed by atoms with Gasteiger partial charge in [-0.3, -0.25) is 0 Å². The van der Waals surface area contributed by atoms with Crippen molar-refractivity contribution < 1.29 is 0 Å². The minimum absolute atomic E-state index is 0.102. The van der Waals surface area contributed by atoms with Gasteiger partial charge < -0.3 is 5.73 Å². The largest absolute Gasteiger partial charge is 0.366 e. The van der Waals surface area contributed by atoms with Gasteiger partial charge in [-0.25, -0.2) is 0 Å². The molecule has 62 valence electrons. The van der Waals surface area contributed by atoms with Gasteiger partial charge in [-0.05, 0) is 0 Å². The number of halogens is 2. The first-order valence-electron chi connectivity index (χ1n) is 2.88. The highest BCUT2D eigenvalue weighted by atomic mass is 127. The number of aromatic nitrogens is 5. The molecule has 0 aliphatic carbocycles. The molecule has 12 heavy (non-hydrogen) atoms. The summed E-state index contributed by atoms with van der Waals surface area (Å²) < 4.78 is 2.03. The van der Waals surface area contributed by atoms with E-state index in [9.17, 15) is 0 Å². The maximum Gasteiger partial charge on any atom is 0.240 e. The molecule has 2 aromatic rings. The predicted octanol–water partition coefficient (Wildman–Crippen LogP) is 0.359. The molecule has 0 saturated carbocycles. The summed E-state index contributed by atoms with van der Waals surface area (Å²) in [7, 11) is 0. The Hall–Kier alpha value is -0.700. The van der Waals surface area contributed by atoms with Gasteiger partial charge in [0.05, 0.1) is 0 Å². The van der Waals surface area contributed by atoms with E-state index in [2.05, 4.69) is 20.3 Å². The summed E-state index contributed by atoms with van der Waals surface area (Å²) >= 11 is 7.69. The Morgan fingerprint density at radius 2 is 2.17 bits per heavy atom. The van der Waals surface area contributed by atoms with E-state index in [1.165, 1.54) is 4.52 Å². The summed E-state index contributed by atoms with van der Waals surface area (Å²) in [5, 5.41) is 11.6. The van der Waals surface area contributed by atoms with Crippen LogP contribution in [0.3, 0.4) is 0 Å². The number of nitrogens with zero attached hydrogens (tertiary/aromatic N) is 5. The number of nitrogen functional groups attached to an aromatic ring is 1. The molecule has 0 spiro atoms. The van der Waals surface area contributed by atoms with Crippen LogP contribution in [-0.4, -0.2) is 24.8 Å². The van der Waals surface area contributed by atoms with Crippen LogP contribution in [0.2, 0.25) is 5.15 Å². The second-order valence-electron chi connectivity index (χ2n) is 1.97. The van der Waals surface area contributed by atoms with Gasteiger partial charge in [0, 0.05) is 22.6 Å². The molecule has 8 heteroatoms. The van der Waals surface area contributed by atoms with Gasteiger partial charge in [-0.2, -0.15) is 9.50 Å². The van der Waals surface area contributed by atoms with Gasteiger partial charge in [-0.15, -0.1) is 15.3 Å². The van der Waals surface area contributed by atoms with Crippen molar-refractivity contribution in [3.63, 3.8) is 0 Å². The van der Waals surface area contributed by atoms with E-state index in [0.717, 1.165) is 0 Å². The van der Waals surface area contributed by atoms with E-state index in [0.29, 0.717) is 9.48 Å². The Morgan fingerprint density at radius 3 is 2.92 bits per heavy atom. The third kappa shape index (κ3) is 1.08. The average molecular weight is 296 g/mol. The van der Waals surface area contributed by atoms with E-state index in [1.54, 1.807) is 0 Å². The number of anilines is 1. The zero-order valence-electron chi connectivity index (χ0n) is 5.57. The summed E-state index contributed by atoms with van der Waals surface area (Å²) in [6.45, 7) is 0. The maximum atomic E-state index is 5.72. The molecule has 0 aliphatic heterocycles.